The van der Waals surface area contributed by atoms with Gasteiger partial charge < -0.3 is 13.6 Å². The first-order chi connectivity index (χ1) is 6.61. The van der Waals surface area contributed by atoms with Gasteiger partial charge in [0, 0.05) is 13.7 Å². The molecule has 0 N–H and O–H groups in total. The normalized spacial score (nSPS) is 36.6. The Morgan fingerprint density at radius 2 is 2.07 bits per heavy atom. The van der Waals surface area contributed by atoms with E-state index in [1.165, 1.54) is 19.3 Å². The zero-order valence-electron chi connectivity index (χ0n) is 9.29. The average Bonchev–Trinajstić information content (AvgIpc) is 2.93. The predicted molar refractivity (Wildman–Crippen MR) is 56.4 cm³/mol. The molecule has 0 radical (unpaired) electrons. The summed E-state index contributed by atoms with van der Waals surface area (Å²) in [4.78, 5) is 0. The lowest BCUT2D eigenvalue weighted by molar-refractivity contribution is 0.160. The Balaban J connectivity index is 1.70. The van der Waals surface area contributed by atoms with E-state index in [9.17, 15) is 0 Å². The van der Waals surface area contributed by atoms with Gasteiger partial charge in [0.25, 0.3) is 0 Å². The minimum atomic E-state index is -1.81. The molecule has 1 aliphatic carbocycles. The summed E-state index contributed by atoms with van der Waals surface area (Å²) in [5.74, 6) is 0.695. The van der Waals surface area contributed by atoms with Gasteiger partial charge in [0.05, 0.1) is 12.2 Å². The van der Waals surface area contributed by atoms with Crippen LogP contribution in [0.15, 0.2) is 0 Å². The van der Waals surface area contributed by atoms with Gasteiger partial charge >= 0.3 is 8.56 Å². The van der Waals surface area contributed by atoms with Crippen LogP contribution in [0.2, 0.25) is 13.1 Å². The third-order valence-electron chi connectivity index (χ3n) is 3.27. The average molecular weight is 216 g/mol. The molecule has 3 atom stereocenters. The lowest BCUT2D eigenvalue weighted by atomic mass is 9.90. The second-order valence-corrected chi connectivity index (χ2v) is 8.30. The van der Waals surface area contributed by atoms with Crippen molar-refractivity contribution in [2.24, 2.45) is 5.92 Å². The first kappa shape index (κ1) is 10.6. The molecule has 2 aliphatic rings. The third kappa shape index (κ3) is 2.57. The van der Waals surface area contributed by atoms with Crippen molar-refractivity contribution in [1.29, 1.82) is 0 Å². The van der Waals surface area contributed by atoms with E-state index in [-0.39, 0.29) is 0 Å². The van der Waals surface area contributed by atoms with E-state index >= 15 is 0 Å². The van der Waals surface area contributed by atoms with Crippen LogP contribution in [0.1, 0.15) is 19.3 Å². The number of ether oxygens (including phenoxy) is 1. The zero-order chi connectivity index (χ0) is 10.2. The van der Waals surface area contributed by atoms with Crippen molar-refractivity contribution in [2.45, 2.75) is 44.6 Å². The van der Waals surface area contributed by atoms with Crippen LogP contribution in [-0.4, -0.2) is 34.5 Å². The fourth-order valence-corrected chi connectivity index (χ4v) is 2.77. The van der Waals surface area contributed by atoms with Gasteiger partial charge in [0.1, 0.15) is 0 Å². The van der Waals surface area contributed by atoms with Crippen molar-refractivity contribution in [2.75, 3.05) is 13.7 Å². The molecular formula is C10H20O3Si. The van der Waals surface area contributed by atoms with Gasteiger partial charge in [-0.3, -0.25) is 0 Å². The molecule has 1 heterocycles. The summed E-state index contributed by atoms with van der Waals surface area (Å²) >= 11 is 0. The van der Waals surface area contributed by atoms with Crippen LogP contribution in [0.3, 0.4) is 0 Å². The summed E-state index contributed by atoms with van der Waals surface area (Å²) in [7, 11) is -0.0673. The Kier molecular flexibility index (Phi) is 2.97. The Labute approximate surface area is 87.0 Å². The highest BCUT2D eigenvalue weighted by Crippen LogP contribution is 2.39. The van der Waals surface area contributed by atoms with Gasteiger partial charge in [-0.1, -0.05) is 0 Å². The maximum Gasteiger partial charge on any atom is 0.331 e. The number of hydrogen-bond acceptors (Lipinski definition) is 3. The highest BCUT2D eigenvalue weighted by molar-refractivity contribution is 6.64. The van der Waals surface area contributed by atoms with E-state index in [1.54, 1.807) is 7.11 Å². The summed E-state index contributed by atoms with van der Waals surface area (Å²) < 4.78 is 16.7. The highest BCUT2D eigenvalue weighted by Gasteiger charge is 2.44. The Bertz CT molecular complexity index is 208. The summed E-state index contributed by atoms with van der Waals surface area (Å²) in [6.45, 7) is 5.04. The van der Waals surface area contributed by atoms with E-state index in [0.29, 0.717) is 18.1 Å². The van der Waals surface area contributed by atoms with Gasteiger partial charge in [-0.05, 0) is 38.3 Å². The summed E-state index contributed by atoms with van der Waals surface area (Å²) in [6.07, 6.45) is 4.84. The quantitative estimate of drug-likeness (QED) is 0.531. The largest absolute Gasteiger partial charge is 0.398 e. The van der Waals surface area contributed by atoms with Gasteiger partial charge in [-0.15, -0.1) is 0 Å². The maximum absolute atomic E-state index is 5.85. The number of epoxide rings is 1. The Morgan fingerprint density at radius 3 is 2.71 bits per heavy atom. The monoisotopic (exact) mass is 216 g/mol. The van der Waals surface area contributed by atoms with E-state index in [1.807, 2.05) is 0 Å². The van der Waals surface area contributed by atoms with Crippen LogP contribution in [0, 0.1) is 5.92 Å². The van der Waals surface area contributed by atoms with Crippen LogP contribution in [0.5, 0.6) is 0 Å². The smallest absolute Gasteiger partial charge is 0.331 e. The maximum atomic E-state index is 5.85. The van der Waals surface area contributed by atoms with Crippen molar-refractivity contribution in [3.05, 3.63) is 0 Å². The molecule has 0 spiro atoms. The lowest BCUT2D eigenvalue weighted by Crippen LogP contribution is -2.36. The molecule has 2 rings (SSSR count). The van der Waals surface area contributed by atoms with E-state index in [0.717, 1.165) is 6.61 Å². The van der Waals surface area contributed by atoms with Crippen molar-refractivity contribution < 1.29 is 13.6 Å². The minimum absolute atomic E-state index is 0.560. The van der Waals surface area contributed by atoms with Crippen molar-refractivity contribution >= 4 is 8.56 Å². The molecule has 82 valence electrons. The Hall–Kier alpha value is 0.0969. The summed E-state index contributed by atoms with van der Waals surface area (Å²) in [6, 6.07) is 0. The number of fused-ring (bicyclic) bond motifs is 1. The molecular weight excluding hydrogens is 196 g/mol. The molecule has 0 amide bonds. The van der Waals surface area contributed by atoms with Crippen LogP contribution in [0.25, 0.3) is 0 Å². The molecule has 14 heavy (non-hydrogen) atoms. The third-order valence-corrected chi connectivity index (χ3v) is 5.12. The molecule has 0 bridgehead atoms. The van der Waals surface area contributed by atoms with E-state index < -0.39 is 8.56 Å². The lowest BCUT2D eigenvalue weighted by Gasteiger charge is -2.25. The number of hydrogen-bond donors (Lipinski definition) is 0. The SMILES string of the molecule is CO[Si](C)(C)OCC1CCC2OC2C1. The van der Waals surface area contributed by atoms with Crippen molar-refractivity contribution in [3.8, 4) is 0 Å². The molecule has 0 aromatic rings. The first-order valence-corrected chi connectivity index (χ1v) is 8.27. The van der Waals surface area contributed by atoms with Crippen molar-refractivity contribution in [1.82, 2.24) is 0 Å². The Morgan fingerprint density at radius 1 is 1.29 bits per heavy atom. The van der Waals surface area contributed by atoms with Crippen LogP contribution < -0.4 is 0 Å². The highest BCUT2D eigenvalue weighted by atomic mass is 28.4. The van der Waals surface area contributed by atoms with Gasteiger partial charge in [0.15, 0.2) is 0 Å². The molecule has 1 aliphatic heterocycles. The number of rotatable bonds is 4. The van der Waals surface area contributed by atoms with Crippen LogP contribution >= 0.6 is 0 Å². The molecule has 3 nitrogen and oxygen atoms in total. The molecule has 2 fully saturated rings. The second kappa shape index (κ2) is 3.93. The van der Waals surface area contributed by atoms with Gasteiger partial charge in [-0.25, -0.2) is 0 Å². The minimum Gasteiger partial charge on any atom is -0.398 e. The molecule has 0 aromatic heterocycles. The molecule has 4 heteroatoms. The molecule has 1 saturated carbocycles. The van der Waals surface area contributed by atoms with Crippen LogP contribution in [-0.2, 0) is 13.6 Å². The van der Waals surface area contributed by atoms with E-state index in [2.05, 4.69) is 13.1 Å². The van der Waals surface area contributed by atoms with Gasteiger partial charge in [0.2, 0.25) is 0 Å². The van der Waals surface area contributed by atoms with Crippen LogP contribution in [0.4, 0.5) is 0 Å². The van der Waals surface area contributed by atoms with Crippen molar-refractivity contribution in [3.63, 3.8) is 0 Å². The van der Waals surface area contributed by atoms with Gasteiger partial charge in [-0.2, -0.15) is 0 Å². The first-order valence-electron chi connectivity index (χ1n) is 5.45. The fraction of sp³-hybridized carbons (Fsp3) is 1.00. The van der Waals surface area contributed by atoms with E-state index in [4.69, 9.17) is 13.6 Å². The summed E-state index contributed by atoms with van der Waals surface area (Å²) in [5.41, 5.74) is 0. The standard InChI is InChI=1S/C10H20O3Si/c1-11-14(2,3)12-7-8-4-5-9-10(6-8)13-9/h8-10H,4-7H2,1-3H3. The topological polar surface area (TPSA) is 31.0 Å². The predicted octanol–water partition coefficient (Wildman–Crippen LogP) is 1.92. The zero-order valence-corrected chi connectivity index (χ0v) is 10.3. The summed E-state index contributed by atoms with van der Waals surface area (Å²) in [5, 5.41) is 0. The molecule has 1 saturated heterocycles. The molecule has 0 aromatic carbocycles. The second-order valence-electron chi connectivity index (χ2n) is 4.81. The molecule has 3 unspecified atom stereocenters. The fourth-order valence-electron chi connectivity index (χ4n) is 2.02.